The lowest BCUT2D eigenvalue weighted by Crippen LogP contribution is -2.19. The molecule has 2 aliphatic heterocycles. The number of hydrogen-bond acceptors (Lipinski definition) is 4. The quantitative estimate of drug-likeness (QED) is 0.175. The zero-order valence-corrected chi connectivity index (χ0v) is 33.9. The Morgan fingerprint density at radius 1 is 0.317 bits per heavy atom. The Kier molecular flexibility index (Phi) is 6.55. The molecule has 0 amide bonds. The maximum absolute atomic E-state index is 6.33. The van der Waals surface area contributed by atoms with Crippen molar-refractivity contribution in [2.75, 3.05) is 9.80 Å². The van der Waals surface area contributed by atoms with Crippen LogP contribution in [0, 0.1) is 0 Å². The smallest absolute Gasteiger partial charge is 0.151 e. The third-order valence-corrected chi connectivity index (χ3v) is 13.7. The summed E-state index contributed by atoms with van der Waals surface area (Å²) in [6.07, 6.45) is 0. The fraction of sp³-hybridized carbons (Fsp3) is 0.107. The SMILES string of the molecule is CC1(C)c2cc3c(cc2-c2cc4ccc(N5c6ccccc6Oc6ccccc65)cc4cc21)-c1cc2ccc(N4c5ccccc5Oc5ccccc54)cc2cc1C3(C)C. The molecule has 0 radical (unpaired) electrons. The first-order valence-electron chi connectivity index (χ1n) is 20.9. The highest BCUT2D eigenvalue weighted by Crippen LogP contribution is 2.58. The normalized spacial score (nSPS) is 15.5. The van der Waals surface area contributed by atoms with Gasteiger partial charge in [-0.25, -0.2) is 0 Å². The molecule has 0 N–H and O–H groups in total. The fourth-order valence-electron chi connectivity index (χ4n) is 10.7. The van der Waals surface area contributed by atoms with Crippen LogP contribution in [-0.2, 0) is 10.8 Å². The Balaban J connectivity index is 0.920. The molecule has 0 bridgehead atoms. The second kappa shape index (κ2) is 11.7. The lowest BCUT2D eigenvalue weighted by Gasteiger charge is -2.33. The van der Waals surface area contributed by atoms with Gasteiger partial charge in [-0.05, 0) is 169 Å². The molecule has 0 atom stereocenters. The van der Waals surface area contributed by atoms with E-state index < -0.39 is 0 Å². The zero-order valence-electron chi connectivity index (χ0n) is 33.9. The molecule has 4 aliphatic rings. The summed E-state index contributed by atoms with van der Waals surface area (Å²) in [7, 11) is 0. The van der Waals surface area contributed by atoms with Gasteiger partial charge in [0.15, 0.2) is 23.0 Å². The standard InChI is InChI=1S/C56H40N2O2/c1-55(2)43-29-35-25-37(57-47-13-5-9-17-51(47)59-52-18-10-6-14-48(52)57)23-21-33(35)27-39(43)41-31-42-40-28-34-22-24-38(26-36(34)30-44(40)56(3,4)46(42)32-45(41)55)58-49-15-7-11-19-53(49)60-54-20-12-8-16-50(54)58/h5-32H,1-4H3. The molecule has 0 saturated carbocycles. The van der Waals surface area contributed by atoms with Crippen LogP contribution in [0.5, 0.6) is 23.0 Å². The molecule has 2 aliphatic carbocycles. The first-order valence-corrected chi connectivity index (χ1v) is 20.9. The first kappa shape index (κ1) is 33.6. The molecule has 286 valence electrons. The van der Waals surface area contributed by atoms with Gasteiger partial charge in [-0.15, -0.1) is 0 Å². The molecule has 60 heavy (non-hydrogen) atoms. The number of benzene rings is 9. The van der Waals surface area contributed by atoms with Crippen LogP contribution < -0.4 is 19.3 Å². The van der Waals surface area contributed by atoms with E-state index in [4.69, 9.17) is 9.47 Å². The monoisotopic (exact) mass is 772 g/mol. The van der Waals surface area contributed by atoms with Gasteiger partial charge in [0.2, 0.25) is 0 Å². The number of hydrogen-bond donors (Lipinski definition) is 0. The van der Waals surface area contributed by atoms with Gasteiger partial charge in [-0.2, -0.15) is 0 Å². The maximum Gasteiger partial charge on any atom is 0.151 e. The zero-order chi connectivity index (χ0) is 40.1. The van der Waals surface area contributed by atoms with Gasteiger partial charge in [0.1, 0.15) is 0 Å². The number of nitrogens with zero attached hydrogens (tertiary/aromatic N) is 2. The first-order chi connectivity index (χ1) is 29.2. The van der Waals surface area contributed by atoms with Gasteiger partial charge in [0, 0.05) is 22.2 Å². The largest absolute Gasteiger partial charge is 0.453 e. The summed E-state index contributed by atoms with van der Waals surface area (Å²) >= 11 is 0. The van der Waals surface area contributed by atoms with Crippen LogP contribution in [0.25, 0.3) is 43.8 Å². The third-order valence-electron chi connectivity index (χ3n) is 13.7. The van der Waals surface area contributed by atoms with E-state index in [1.165, 1.54) is 66.1 Å². The van der Waals surface area contributed by atoms with Crippen molar-refractivity contribution in [1.82, 2.24) is 0 Å². The maximum atomic E-state index is 6.33. The second-order valence-electron chi connectivity index (χ2n) is 17.8. The highest BCUT2D eigenvalue weighted by atomic mass is 16.5. The van der Waals surface area contributed by atoms with Crippen molar-refractivity contribution in [2.45, 2.75) is 38.5 Å². The van der Waals surface area contributed by atoms with Crippen LogP contribution in [0.15, 0.2) is 170 Å². The molecule has 4 heteroatoms. The Morgan fingerprint density at radius 2 is 0.650 bits per heavy atom. The topological polar surface area (TPSA) is 24.9 Å². The van der Waals surface area contributed by atoms with Crippen LogP contribution in [-0.4, -0.2) is 0 Å². The molecule has 0 saturated heterocycles. The molecule has 0 unspecified atom stereocenters. The van der Waals surface area contributed by atoms with Gasteiger partial charge >= 0.3 is 0 Å². The lowest BCUT2D eigenvalue weighted by atomic mass is 9.77. The molecule has 0 fully saturated rings. The molecular formula is C56H40N2O2. The Labute approximate surface area is 349 Å². The molecule has 9 aromatic rings. The van der Waals surface area contributed by atoms with E-state index in [1.54, 1.807) is 0 Å². The predicted molar refractivity (Wildman–Crippen MR) is 246 cm³/mol. The molecule has 2 heterocycles. The van der Waals surface area contributed by atoms with E-state index in [0.29, 0.717) is 0 Å². The van der Waals surface area contributed by atoms with Crippen molar-refractivity contribution in [3.8, 4) is 45.3 Å². The molecule has 9 aromatic carbocycles. The van der Waals surface area contributed by atoms with Crippen molar-refractivity contribution in [3.05, 3.63) is 192 Å². The van der Waals surface area contributed by atoms with Crippen molar-refractivity contribution in [3.63, 3.8) is 0 Å². The van der Waals surface area contributed by atoms with E-state index >= 15 is 0 Å². The highest BCUT2D eigenvalue weighted by molar-refractivity contribution is 6.01. The molecule has 0 spiro atoms. The predicted octanol–water partition coefficient (Wildman–Crippen LogP) is 15.8. The summed E-state index contributed by atoms with van der Waals surface area (Å²) in [6, 6.07) is 61.8. The number of fused-ring (bicyclic) bond motifs is 12. The number of para-hydroxylation sites is 8. The van der Waals surface area contributed by atoms with Crippen LogP contribution in [0.1, 0.15) is 49.9 Å². The van der Waals surface area contributed by atoms with Gasteiger partial charge in [-0.1, -0.05) is 94.4 Å². The number of anilines is 6. The van der Waals surface area contributed by atoms with Crippen LogP contribution >= 0.6 is 0 Å². The Morgan fingerprint density at radius 3 is 1.03 bits per heavy atom. The van der Waals surface area contributed by atoms with Gasteiger partial charge < -0.3 is 19.3 Å². The second-order valence-corrected chi connectivity index (χ2v) is 17.8. The number of rotatable bonds is 2. The van der Waals surface area contributed by atoms with Crippen molar-refractivity contribution < 1.29 is 9.47 Å². The van der Waals surface area contributed by atoms with Gasteiger partial charge in [0.25, 0.3) is 0 Å². The molecular weight excluding hydrogens is 733 g/mol. The van der Waals surface area contributed by atoms with Gasteiger partial charge in [0.05, 0.1) is 22.7 Å². The third kappa shape index (κ3) is 4.51. The van der Waals surface area contributed by atoms with Crippen molar-refractivity contribution in [2.24, 2.45) is 0 Å². The van der Waals surface area contributed by atoms with E-state index in [9.17, 15) is 0 Å². The minimum atomic E-state index is -0.169. The summed E-state index contributed by atoms with van der Waals surface area (Å²) in [4.78, 5) is 4.66. The average Bonchev–Trinajstić information content (AvgIpc) is 3.62. The summed E-state index contributed by atoms with van der Waals surface area (Å²) in [5, 5.41) is 4.96. The average molecular weight is 773 g/mol. The van der Waals surface area contributed by atoms with E-state index in [1.807, 2.05) is 48.5 Å². The highest BCUT2D eigenvalue weighted by Gasteiger charge is 2.42. The number of ether oxygens (including phenoxy) is 2. The lowest BCUT2D eigenvalue weighted by molar-refractivity contribution is 0.477. The summed E-state index contributed by atoms with van der Waals surface area (Å²) < 4.78 is 12.7. The summed E-state index contributed by atoms with van der Waals surface area (Å²) in [6.45, 7) is 9.62. The Bertz CT molecular complexity index is 3050. The Hall–Kier alpha value is -7.30. The minimum Gasteiger partial charge on any atom is -0.453 e. The van der Waals surface area contributed by atoms with Crippen LogP contribution in [0.3, 0.4) is 0 Å². The van der Waals surface area contributed by atoms with Crippen LogP contribution in [0.2, 0.25) is 0 Å². The molecule has 0 aromatic heterocycles. The fourth-order valence-corrected chi connectivity index (χ4v) is 10.7. The van der Waals surface area contributed by atoms with Crippen LogP contribution in [0.4, 0.5) is 34.1 Å². The molecule has 13 rings (SSSR count). The van der Waals surface area contributed by atoms with E-state index in [-0.39, 0.29) is 10.8 Å². The minimum absolute atomic E-state index is 0.169. The summed E-state index contributed by atoms with van der Waals surface area (Å²) in [5.41, 5.74) is 17.0. The molecule has 4 nitrogen and oxygen atoms in total. The van der Waals surface area contributed by atoms with Crippen molar-refractivity contribution >= 4 is 55.7 Å². The van der Waals surface area contributed by atoms with E-state index in [0.717, 1.165) is 57.1 Å². The van der Waals surface area contributed by atoms with Crippen molar-refractivity contribution in [1.29, 1.82) is 0 Å². The van der Waals surface area contributed by atoms with Gasteiger partial charge in [-0.3, -0.25) is 0 Å². The summed E-state index contributed by atoms with van der Waals surface area (Å²) in [5.74, 6) is 3.45. The van der Waals surface area contributed by atoms with E-state index in [2.05, 4.69) is 159 Å².